The maximum atomic E-state index is 14.2. The Kier molecular flexibility index (Phi) is 8.65. The van der Waals surface area contributed by atoms with Gasteiger partial charge in [-0.15, -0.1) is 0 Å². The molecule has 0 aliphatic heterocycles. The van der Waals surface area contributed by atoms with Crippen LogP contribution in [0.15, 0.2) is 46.9 Å². The van der Waals surface area contributed by atoms with E-state index in [2.05, 4.69) is 21.2 Å². The molecule has 2 rings (SSSR count). The standard InChI is InChI=1S/C22H25BrClFN2O2/c1-4-14(2)26-22(29)15(3)27(13-16-8-10-17(23)11-9-16)21(28)12-18-19(24)6-5-7-20(18)25/h5-11,14-15H,4,12-13H2,1-3H3,(H,26,29)/t14-,15+/m0/s1. The van der Waals surface area contributed by atoms with Crippen molar-refractivity contribution in [2.45, 2.75) is 52.2 Å². The quantitative estimate of drug-likeness (QED) is 0.567. The van der Waals surface area contributed by atoms with Crippen LogP contribution in [0.2, 0.25) is 5.02 Å². The summed E-state index contributed by atoms with van der Waals surface area (Å²) in [6, 6.07) is 11.1. The van der Waals surface area contributed by atoms with Crippen molar-refractivity contribution >= 4 is 39.3 Å². The van der Waals surface area contributed by atoms with Crippen molar-refractivity contribution in [3.63, 3.8) is 0 Å². The van der Waals surface area contributed by atoms with Crippen LogP contribution >= 0.6 is 27.5 Å². The first-order chi connectivity index (χ1) is 13.7. The van der Waals surface area contributed by atoms with Crippen LogP contribution < -0.4 is 5.32 Å². The largest absolute Gasteiger partial charge is 0.352 e. The molecule has 0 aliphatic rings. The highest BCUT2D eigenvalue weighted by Crippen LogP contribution is 2.22. The fraction of sp³-hybridized carbons (Fsp3) is 0.364. The third kappa shape index (κ3) is 6.54. The highest BCUT2D eigenvalue weighted by Gasteiger charge is 2.28. The topological polar surface area (TPSA) is 49.4 Å². The molecule has 0 heterocycles. The van der Waals surface area contributed by atoms with E-state index in [1.165, 1.54) is 17.0 Å². The van der Waals surface area contributed by atoms with Gasteiger partial charge in [0.05, 0.1) is 6.42 Å². The predicted molar refractivity (Wildman–Crippen MR) is 117 cm³/mol. The number of carbonyl (C=O) groups is 2. The van der Waals surface area contributed by atoms with Crippen LogP contribution in [0.3, 0.4) is 0 Å². The van der Waals surface area contributed by atoms with Crippen molar-refractivity contribution < 1.29 is 14.0 Å². The summed E-state index contributed by atoms with van der Waals surface area (Å²) in [5, 5.41) is 3.10. The van der Waals surface area contributed by atoms with Crippen LogP contribution in [-0.4, -0.2) is 28.8 Å². The van der Waals surface area contributed by atoms with Crippen molar-refractivity contribution in [3.8, 4) is 0 Å². The molecule has 2 aromatic rings. The van der Waals surface area contributed by atoms with E-state index in [1.807, 2.05) is 38.1 Å². The summed E-state index contributed by atoms with van der Waals surface area (Å²) in [6.45, 7) is 5.79. The average molecular weight is 484 g/mol. The van der Waals surface area contributed by atoms with Crippen molar-refractivity contribution in [2.75, 3.05) is 0 Å². The monoisotopic (exact) mass is 482 g/mol. The molecule has 4 nitrogen and oxygen atoms in total. The van der Waals surface area contributed by atoms with Crippen molar-refractivity contribution in [1.82, 2.24) is 10.2 Å². The molecule has 0 saturated carbocycles. The molecule has 0 fully saturated rings. The lowest BCUT2D eigenvalue weighted by atomic mass is 10.1. The van der Waals surface area contributed by atoms with Crippen LogP contribution in [0.1, 0.15) is 38.3 Å². The van der Waals surface area contributed by atoms with Crippen LogP contribution in [-0.2, 0) is 22.6 Å². The second-order valence-electron chi connectivity index (χ2n) is 7.02. The summed E-state index contributed by atoms with van der Waals surface area (Å²) in [7, 11) is 0. The van der Waals surface area contributed by atoms with Gasteiger partial charge < -0.3 is 10.2 Å². The Bertz CT molecular complexity index is 840. The summed E-state index contributed by atoms with van der Waals surface area (Å²) in [5.74, 6) is -1.15. The third-order valence-corrected chi connectivity index (χ3v) is 5.71. The zero-order valence-electron chi connectivity index (χ0n) is 16.7. The lowest BCUT2D eigenvalue weighted by Crippen LogP contribution is -2.50. The number of rotatable bonds is 8. The molecule has 1 N–H and O–H groups in total. The van der Waals surface area contributed by atoms with E-state index < -0.39 is 11.9 Å². The molecule has 0 spiro atoms. The average Bonchev–Trinajstić information content (AvgIpc) is 2.69. The molecular formula is C22H25BrClFN2O2. The molecule has 29 heavy (non-hydrogen) atoms. The summed E-state index contributed by atoms with van der Waals surface area (Å²) in [4.78, 5) is 27.2. The lowest BCUT2D eigenvalue weighted by molar-refractivity contribution is -0.140. The Balaban J connectivity index is 2.28. The van der Waals surface area contributed by atoms with Gasteiger partial charge in [-0.05, 0) is 50.1 Å². The van der Waals surface area contributed by atoms with E-state index in [0.29, 0.717) is 0 Å². The summed E-state index contributed by atoms with van der Waals surface area (Å²) in [6.07, 6.45) is 0.562. The molecule has 0 saturated heterocycles. The first-order valence-corrected chi connectivity index (χ1v) is 10.7. The van der Waals surface area contributed by atoms with Gasteiger partial charge in [0.1, 0.15) is 11.9 Å². The molecule has 0 aliphatic carbocycles. The van der Waals surface area contributed by atoms with Gasteiger partial charge in [-0.25, -0.2) is 4.39 Å². The van der Waals surface area contributed by atoms with Crippen molar-refractivity contribution in [1.29, 1.82) is 0 Å². The molecule has 2 amide bonds. The molecule has 156 valence electrons. The van der Waals surface area contributed by atoms with Gasteiger partial charge in [-0.1, -0.05) is 52.7 Å². The highest BCUT2D eigenvalue weighted by atomic mass is 79.9. The smallest absolute Gasteiger partial charge is 0.242 e. The lowest BCUT2D eigenvalue weighted by Gasteiger charge is -2.30. The second kappa shape index (κ2) is 10.7. The minimum Gasteiger partial charge on any atom is -0.352 e. The van der Waals surface area contributed by atoms with Gasteiger partial charge in [0.25, 0.3) is 0 Å². The minimum atomic E-state index is -0.717. The summed E-state index contributed by atoms with van der Waals surface area (Å²) in [5.41, 5.74) is 0.999. The predicted octanol–water partition coefficient (Wildman–Crippen LogP) is 5.12. The van der Waals surface area contributed by atoms with Crippen LogP contribution in [0, 0.1) is 5.82 Å². The van der Waals surface area contributed by atoms with Gasteiger partial charge >= 0.3 is 0 Å². The molecule has 7 heteroatoms. The van der Waals surface area contributed by atoms with E-state index in [-0.39, 0.29) is 41.4 Å². The summed E-state index contributed by atoms with van der Waals surface area (Å²) < 4.78 is 15.1. The van der Waals surface area contributed by atoms with Crippen molar-refractivity contribution in [3.05, 3.63) is 68.9 Å². The number of nitrogens with one attached hydrogen (secondary N) is 1. The number of nitrogens with zero attached hydrogens (tertiary/aromatic N) is 1. The SMILES string of the molecule is CC[C@H](C)NC(=O)[C@@H](C)N(Cc1ccc(Br)cc1)C(=O)Cc1c(F)cccc1Cl. The number of halogens is 3. The number of carbonyl (C=O) groups excluding carboxylic acids is 2. The Morgan fingerprint density at radius 1 is 1.17 bits per heavy atom. The number of amides is 2. The molecule has 0 aromatic heterocycles. The van der Waals surface area contributed by atoms with Crippen LogP contribution in [0.5, 0.6) is 0 Å². The van der Waals surface area contributed by atoms with Crippen LogP contribution in [0.4, 0.5) is 4.39 Å². The fourth-order valence-corrected chi connectivity index (χ4v) is 3.28. The second-order valence-corrected chi connectivity index (χ2v) is 8.34. The van der Waals surface area contributed by atoms with E-state index in [0.717, 1.165) is 16.5 Å². The normalized spacial score (nSPS) is 12.9. The first kappa shape index (κ1) is 23.4. The van der Waals surface area contributed by atoms with Crippen LogP contribution in [0.25, 0.3) is 0 Å². The Hall–Kier alpha value is -1.92. The minimum absolute atomic E-state index is 0.00408. The molecule has 0 radical (unpaired) electrons. The zero-order chi connectivity index (χ0) is 21.6. The first-order valence-electron chi connectivity index (χ1n) is 9.50. The Labute approximate surface area is 184 Å². The Morgan fingerprint density at radius 3 is 2.41 bits per heavy atom. The third-order valence-electron chi connectivity index (χ3n) is 4.82. The molecule has 2 atom stereocenters. The number of benzene rings is 2. The summed E-state index contributed by atoms with van der Waals surface area (Å²) >= 11 is 9.48. The van der Waals surface area contributed by atoms with Gasteiger partial charge in [-0.2, -0.15) is 0 Å². The maximum absolute atomic E-state index is 14.2. The molecule has 0 bridgehead atoms. The number of hydrogen-bond acceptors (Lipinski definition) is 2. The van der Waals surface area contributed by atoms with Gasteiger partial charge in [-0.3, -0.25) is 9.59 Å². The van der Waals surface area contributed by atoms with Gasteiger partial charge in [0, 0.05) is 27.6 Å². The van der Waals surface area contributed by atoms with E-state index in [4.69, 9.17) is 11.6 Å². The van der Waals surface area contributed by atoms with E-state index in [1.54, 1.807) is 13.0 Å². The molecule has 0 unspecified atom stereocenters. The zero-order valence-corrected chi connectivity index (χ0v) is 19.1. The number of hydrogen-bond donors (Lipinski definition) is 1. The molecule has 2 aromatic carbocycles. The van der Waals surface area contributed by atoms with E-state index in [9.17, 15) is 14.0 Å². The highest BCUT2D eigenvalue weighted by molar-refractivity contribution is 9.10. The maximum Gasteiger partial charge on any atom is 0.242 e. The van der Waals surface area contributed by atoms with Gasteiger partial charge in [0.2, 0.25) is 11.8 Å². The Morgan fingerprint density at radius 2 is 1.83 bits per heavy atom. The van der Waals surface area contributed by atoms with Crippen molar-refractivity contribution in [2.24, 2.45) is 0 Å². The molecular weight excluding hydrogens is 459 g/mol. The fourth-order valence-electron chi connectivity index (χ4n) is 2.79. The van der Waals surface area contributed by atoms with Gasteiger partial charge in [0.15, 0.2) is 0 Å². The van der Waals surface area contributed by atoms with E-state index >= 15 is 0 Å².